The highest BCUT2D eigenvalue weighted by Gasteiger charge is 2.26. The molecule has 1 aromatic heterocycles. The molecule has 21 heavy (non-hydrogen) atoms. The number of aliphatic hydroxyl groups is 1. The molecule has 0 aliphatic carbocycles. The maximum Gasteiger partial charge on any atom is 0.237 e. The first-order valence-electron chi connectivity index (χ1n) is 6.86. The van der Waals surface area contributed by atoms with E-state index >= 15 is 0 Å². The van der Waals surface area contributed by atoms with Crippen LogP contribution in [0.1, 0.15) is 17.7 Å². The Morgan fingerprint density at radius 2 is 2.29 bits per heavy atom. The second-order valence-corrected chi connectivity index (χ2v) is 6.21. The number of nitrogens with zero attached hydrogens (tertiary/aromatic N) is 2. The lowest BCUT2D eigenvalue weighted by Gasteiger charge is -2.12. The van der Waals surface area contributed by atoms with Crippen LogP contribution in [-0.2, 0) is 24.9 Å². The summed E-state index contributed by atoms with van der Waals surface area (Å²) in [5.74, 6) is 0.0125. The Morgan fingerprint density at radius 3 is 3.05 bits per heavy atom. The highest BCUT2D eigenvalue weighted by Crippen LogP contribution is 2.31. The summed E-state index contributed by atoms with van der Waals surface area (Å²) in [5.41, 5.74) is 2.82. The average Bonchev–Trinajstić information content (AvgIpc) is 2.75. The van der Waals surface area contributed by atoms with Crippen molar-refractivity contribution in [3.8, 4) is 0 Å². The number of aryl methyl sites for hydroxylation is 1. The molecular weight excluding hydrogens is 286 g/mol. The Bertz CT molecular complexity index is 669. The molecule has 0 bridgehead atoms. The number of imidazole rings is 1. The number of benzene rings is 1. The molecule has 0 spiro atoms. The first-order chi connectivity index (χ1) is 10.2. The zero-order valence-electron chi connectivity index (χ0n) is 11.7. The van der Waals surface area contributed by atoms with Crippen LogP contribution in [0.4, 0.5) is 5.69 Å². The van der Waals surface area contributed by atoms with Crippen LogP contribution in [0.2, 0.25) is 0 Å². The summed E-state index contributed by atoms with van der Waals surface area (Å²) >= 11 is 1.45. The fourth-order valence-electron chi connectivity index (χ4n) is 2.41. The van der Waals surface area contributed by atoms with E-state index in [4.69, 9.17) is 0 Å². The number of carbonyl (C=O) groups is 1. The van der Waals surface area contributed by atoms with Gasteiger partial charge in [0, 0.05) is 12.7 Å². The summed E-state index contributed by atoms with van der Waals surface area (Å²) in [6.45, 7) is -0.0492. The monoisotopic (exact) mass is 303 g/mol. The molecule has 2 aromatic rings. The molecule has 0 fully saturated rings. The highest BCUT2D eigenvalue weighted by atomic mass is 32.2. The number of aliphatic hydroxyl groups excluding tert-OH is 1. The van der Waals surface area contributed by atoms with Crippen molar-refractivity contribution < 1.29 is 9.90 Å². The van der Waals surface area contributed by atoms with Crippen molar-refractivity contribution in [3.05, 3.63) is 41.7 Å². The smallest absolute Gasteiger partial charge is 0.237 e. The van der Waals surface area contributed by atoms with Crippen LogP contribution in [-0.4, -0.2) is 25.8 Å². The van der Waals surface area contributed by atoms with Gasteiger partial charge in [0.05, 0.1) is 23.7 Å². The molecule has 2 heterocycles. The van der Waals surface area contributed by atoms with Crippen molar-refractivity contribution in [1.82, 2.24) is 9.55 Å². The zero-order valence-corrected chi connectivity index (χ0v) is 12.6. The number of hydrogen-bond donors (Lipinski definition) is 2. The van der Waals surface area contributed by atoms with Crippen molar-refractivity contribution in [2.45, 2.75) is 29.9 Å². The van der Waals surface area contributed by atoms with E-state index in [1.807, 2.05) is 35.9 Å². The Balaban J connectivity index is 1.78. The number of fused-ring (bicyclic) bond motifs is 1. The van der Waals surface area contributed by atoms with Crippen molar-refractivity contribution in [3.63, 3.8) is 0 Å². The van der Waals surface area contributed by atoms with Crippen molar-refractivity contribution in [2.24, 2.45) is 7.05 Å². The topological polar surface area (TPSA) is 67.2 Å². The third-order valence-corrected chi connectivity index (χ3v) is 5.02. The summed E-state index contributed by atoms with van der Waals surface area (Å²) in [6, 6.07) is 7.90. The molecule has 110 valence electrons. The minimum atomic E-state index is -0.176. The van der Waals surface area contributed by atoms with Gasteiger partial charge in [-0.25, -0.2) is 4.98 Å². The molecule has 0 saturated heterocycles. The molecule has 2 N–H and O–H groups in total. The number of anilines is 1. The van der Waals surface area contributed by atoms with E-state index in [1.165, 1.54) is 17.3 Å². The highest BCUT2D eigenvalue weighted by molar-refractivity contribution is 8.00. The van der Waals surface area contributed by atoms with Gasteiger partial charge in [0.25, 0.3) is 0 Å². The lowest BCUT2D eigenvalue weighted by Crippen LogP contribution is -2.24. The molecule has 0 radical (unpaired) electrons. The number of aromatic nitrogens is 2. The Kier molecular flexibility index (Phi) is 3.98. The van der Waals surface area contributed by atoms with Crippen LogP contribution in [0.3, 0.4) is 0 Å². The van der Waals surface area contributed by atoms with Crippen LogP contribution < -0.4 is 5.32 Å². The standard InChI is InChI=1S/C15H17N3O2S/c1-18-11(9-19)8-16-15(18)21-13-7-6-10-4-2-3-5-12(10)17-14(13)20/h2-5,8,13,19H,6-7,9H2,1H3,(H,17,20). The SMILES string of the molecule is Cn1c(CO)cnc1SC1CCc2ccccc2NC1=O. The van der Waals surface area contributed by atoms with Gasteiger partial charge in [0.15, 0.2) is 5.16 Å². The molecular formula is C15H17N3O2S. The largest absolute Gasteiger partial charge is 0.390 e. The number of hydrogen-bond acceptors (Lipinski definition) is 4. The quantitative estimate of drug-likeness (QED) is 0.909. The lowest BCUT2D eigenvalue weighted by atomic mass is 10.1. The van der Waals surface area contributed by atoms with E-state index in [9.17, 15) is 9.90 Å². The van der Waals surface area contributed by atoms with Crippen molar-refractivity contribution >= 4 is 23.4 Å². The minimum absolute atomic E-state index is 0.0125. The van der Waals surface area contributed by atoms with Gasteiger partial charge < -0.3 is 15.0 Å². The molecule has 1 aliphatic rings. The van der Waals surface area contributed by atoms with Gasteiger partial charge in [-0.1, -0.05) is 30.0 Å². The van der Waals surface area contributed by atoms with Crippen molar-refractivity contribution in [1.29, 1.82) is 0 Å². The van der Waals surface area contributed by atoms with E-state index in [0.717, 1.165) is 29.4 Å². The van der Waals surface area contributed by atoms with E-state index in [1.54, 1.807) is 6.20 Å². The van der Waals surface area contributed by atoms with Crippen LogP contribution in [0.15, 0.2) is 35.6 Å². The third kappa shape index (κ3) is 2.82. The maximum absolute atomic E-state index is 12.4. The molecule has 1 atom stereocenters. The normalized spacial score (nSPS) is 18.0. The number of rotatable bonds is 3. The fraction of sp³-hybridized carbons (Fsp3) is 0.333. The van der Waals surface area contributed by atoms with Crippen LogP contribution >= 0.6 is 11.8 Å². The van der Waals surface area contributed by atoms with Crippen LogP contribution in [0, 0.1) is 0 Å². The second-order valence-electron chi connectivity index (χ2n) is 5.04. The maximum atomic E-state index is 12.4. The third-order valence-electron chi connectivity index (χ3n) is 3.69. The number of carbonyl (C=O) groups excluding carboxylic acids is 1. The molecule has 1 aromatic carbocycles. The summed E-state index contributed by atoms with van der Waals surface area (Å²) in [7, 11) is 1.85. The minimum Gasteiger partial charge on any atom is -0.390 e. The Morgan fingerprint density at radius 1 is 1.48 bits per heavy atom. The van der Waals surface area contributed by atoms with Gasteiger partial charge in [-0.05, 0) is 24.5 Å². The molecule has 5 nitrogen and oxygen atoms in total. The molecule has 3 rings (SSSR count). The number of nitrogens with one attached hydrogen (secondary N) is 1. The van der Waals surface area contributed by atoms with Crippen LogP contribution in [0.25, 0.3) is 0 Å². The zero-order chi connectivity index (χ0) is 14.8. The van der Waals surface area contributed by atoms with Gasteiger partial charge >= 0.3 is 0 Å². The van der Waals surface area contributed by atoms with Crippen LogP contribution in [0.5, 0.6) is 0 Å². The first-order valence-corrected chi connectivity index (χ1v) is 7.74. The first kappa shape index (κ1) is 14.2. The molecule has 1 unspecified atom stereocenters. The van der Waals surface area contributed by atoms with Gasteiger partial charge in [-0.2, -0.15) is 0 Å². The molecule has 1 amide bonds. The van der Waals surface area contributed by atoms with E-state index < -0.39 is 0 Å². The summed E-state index contributed by atoms with van der Waals surface area (Å²) in [5, 5.41) is 12.8. The predicted octanol–water partition coefficient (Wildman–Crippen LogP) is 1.96. The molecule has 0 saturated carbocycles. The molecule has 6 heteroatoms. The lowest BCUT2D eigenvalue weighted by molar-refractivity contribution is -0.115. The van der Waals surface area contributed by atoms with E-state index in [-0.39, 0.29) is 17.8 Å². The summed E-state index contributed by atoms with van der Waals surface area (Å²) < 4.78 is 1.83. The number of amides is 1. The van der Waals surface area contributed by atoms with Gasteiger partial charge in [-0.15, -0.1) is 0 Å². The second kappa shape index (κ2) is 5.91. The van der Waals surface area contributed by atoms with Gasteiger partial charge in [0.2, 0.25) is 5.91 Å². The summed E-state index contributed by atoms with van der Waals surface area (Å²) in [6.07, 6.45) is 3.28. The van der Waals surface area contributed by atoms with E-state index in [0.29, 0.717) is 0 Å². The molecule has 1 aliphatic heterocycles. The summed E-state index contributed by atoms with van der Waals surface area (Å²) in [4.78, 5) is 16.6. The Hall–Kier alpha value is -1.79. The number of thioether (sulfide) groups is 1. The van der Waals surface area contributed by atoms with Crippen molar-refractivity contribution in [2.75, 3.05) is 5.32 Å². The van der Waals surface area contributed by atoms with E-state index in [2.05, 4.69) is 10.3 Å². The fourth-order valence-corrected chi connectivity index (χ4v) is 3.46. The Labute approximate surface area is 127 Å². The number of para-hydroxylation sites is 1. The average molecular weight is 303 g/mol. The van der Waals surface area contributed by atoms with Gasteiger partial charge in [-0.3, -0.25) is 4.79 Å². The van der Waals surface area contributed by atoms with Gasteiger partial charge in [0.1, 0.15) is 0 Å². The predicted molar refractivity (Wildman–Crippen MR) is 82.2 cm³/mol.